The molecule has 2 aromatic heterocycles. The summed E-state index contributed by atoms with van der Waals surface area (Å²) in [5.41, 5.74) is 2.74. The van der Waals surface area contributed by atoms with Crippen LogP contribution in [0.1, 0.15) is 16.8 Å². The number of hydrogen-bond donors (Lipinski definition) is 3. The lowest BCUT2D eigenvalue weighted by atomic mass is 10.1. The van der Waals surface area contributed by atoms with Crippen molar-refractivity contribution in [3.8, 4) is 17.0 Å². The van der Waals surface area contributed by atoms with Gasteiger partial charge in [0.25, 0.3) is 5.91 Å². The first-order valence-corrected chi connectivity index (χ1v) is 8.37. The predicted octanol–water partition coefficient (Wildman–Crippen LogP) is 1.52. The summed E-state index contributed by atoms with van der Waals surface area (Å²) in [5, 5.41) is 20.6. The van der Waals surface area contributed by atoms with Crippen LogP contribution < -0.4 is 5.32 Å². The van der Waals surface area contributed by atoms with Crippen LogP contribution in [0.3, 0.4) is 0 Å². The summed E-state index contributed by atoms with van der Waals surface area (Å²) in [4.78, 5) is 19.7. The van der Waals surface area contributed by atoms with Crippen LogP contribution in [0.5, 0.6) is 5.75 Å². The number of hydrogen-bond acceptors (Lipinski definition) is 5. The number of rotatable bonds is 2. The highest BCUT2D eigenvalue weighted by atomic mass is 16.3. The van der Waals surface area contributed by atoms with Gasteiger partial charge >= 0.3 is 0 Å². The lowest BCUT2D eigenvalue weighted by molar-refractivity contribution is 0.0718. The smallest absolute Gasteiger partial charge is 0.255 e. The Morgan fingerprint density at radius 1 is 1.28 bits per heavy atom. The van der Waals surface area contributed by atoms with Gasteiger partial charge in [-0.2, -0.15) is 5.10 Å². The fourth-order valence-corrected chi connectivity index (χ4v) is 3.85. The topological polar surface area (TPSA) is 94.1 Å². The molecule has 3 N–H and O–H groups in total. The van der Waals surface area contributed by atoms with Crippen molar-refractivity contribution in [1.29, 1.82) is 0 Å². The van der Waals surface area contributed by atoms with E-state index in [9.17, 15) is 9.90 Å². The number of benzene rings is 1. The molecule has 2 atom stereocenters. The molecule has 0 spiro atoms. The molecule has 0 radical (unpaired) electrons. The first kappa shape index (κ1) is 14.4. The largest absolute Gasteiger partial charge is 0.508 e. The molecule has 7 heteroatoms. The number of carbonyl (C=O) groups is 1. The summed E-state index contributed by atoms with van der Waals surface area (Å²) in [6.07, 6.45) is 2.68. The number of pyridine rings is 1. The molecular formula is C18H17N5O2. The van der Waals surface area contributed by atoms with Crippen LogP contribution in [0.4, 0.5) is 0 Å². The Balaban J connectivity index is 1.60. The Bertz CT molecular complexity index is 965. The normalized spacial score (nSPS) is 22.0. The number of amides is 1. The number of aromatic amines is 1. The number of phenolic OH excluding ortho intramolecular Hbond substituents is 1. The van der Waals surface area contributed by atoms with E-state index in [0.29, 0.717) is 22.9 Å². The van der Waals surface area contributed by atoms with Gasteiger partial charge in [0, 0.05) is 30.7 Å². The summed E-state index contributed by atoms with van der Waals surface area (Å²) in [6, 6.07) is 9.30. The van der Waals surface area contributed by atoms with Crippen LogP contribution in [-0.2, 0) is 0 Å². The maximum atomic E-state index is 13.2. The molecule has 3 aromatic rings. The third-order valence-electron chi connectivity index (χ3n) is 5.13. The van der Waals surface area contributed by atoms with Crippen molar-refractivity contribution in [2.75, 3.05) is 13.1 Å². The molecule has 0 saturated carbocycles. The van der Waals surface area contributed by atoms with Gasteiger partial charge in [-0.05, 0) is 36.8 Å². The highest BCUT2D eigenvalue weighted by molar-refractivity contribution is 6.06. The second-order valence-electron chi connectivity index (χ2n) is 6.69. The van der Waals surface area contributed by atoms with Gasteiger partial charge in [0.1, 0.15) is 5.75 Å². The van der Waals surface area contributed by atoms with Crippen molar-refractivity contribution in [3.05, 3.63) is 42.1 Å². The van der Waals surface area contributed by atoms with E-state index in [4.69, 9.17) is 0 Å². The predicted molar refractivity (Wildman–Crippen MR) is 92.2 cm³/mol. The quantitative estimate of drug-likeness (QED) is 0.660. The number of piperazine rings is 1. The van der Waals surface area contributed by atoms with Crippen molar-refractivity contribution in [1.82, 2.24) is 25.4 Å². The maximum absolute atomic E-state index is 13.2. The Morgan fingerprint density at radius 2 is 2.12 bits per heavy atom. The van der Waals surface area contributed by atoms with Gasteiger partial charge in [-0.1, -0.05) is 0 Å². The van der Waals surface area contributed by atoms with Crippen molar-refractivity contribution in [2.45, 2.75) is 18.5 Å². The SMILES string of the molecule is O=C(c1cc(-c2ccc(O)cc2)nc2[nH]ncc12)N1CC2CC1CN2. The van der Waals surface area contributed by atoms with Crippen molar-refractivity contribution >= 4 is 16.9 Å². The average Bonchev–Trinajstić information content (AvgIpc) is 3.37. The monoisotopic (exact) mass is 335 g/mol. The van der Waals surface area contributed by atoms with Crippen LogP contribution >= 0.6 is 0 Å². The standard InChI is InChI=1S/C18H17N5O2/c24-13-3-1-10(2-4-13)16-6-14(15-8-20-22-17(15)21-16)18(25)23-9-11-5-12(23)7-19-11/h1-4,6,8,11-12,19,24H,5,7,9H2,(H,20,21,22). The number of aromatic nitrogens is 3. The number of H-pyrrole nitrogens is 1. The van der Waals surface area contributed by atoms with E-state index in [0.717, 1.165) is 30.5 Å². The third kappa shape index (κ3) is 2.27. The van der Waals surface area contributed by atoms with E-state index in [2.05, 4.69) is 20.5 Å². The second kappa shape index (κ2) is 5.29. The molecule has 2 fully saturated rings. The number of likely N-dealkylation sites (tertiary alicyclic amines) is 1. The summed E-state index contributed by atoms with van der Waals surface area (Å²) in [7, 11) is 0. The zero-order valence-electron chi connectivity index (χ0n) is 13.4. The van der Waals surface area contributed by atoms with Gasteiger partial charge < -0.3 is 15.3 Å². The number of phenols is 1. The molecule has 2 aliphatic rings. The summed E-state index contributed by atoms with van der Waals surface area (Å²) in [6.45, 7) is 1.61. The third-order valence-corrected chi connectivity index (χ3v) is 5.13. The number of fused-ring (bicyclic) bond motifs is 3. The molecule has 2 unspecified atom stereocenters. The molecule has 7 nitrogen and oxygen atoms in total. The van der Waals surface area contributed by atoms with Gasteiger partial charge in [0.15, 0.2) is 5.65 Å². The first-order chi connectivity index (χ1) is 12.2. The van der Waals surface area contributed by atoms with E-state index in [-0.39, 0.29) is 17.7 Å². The fourth-order valence-electron chi connectivity index (χ4n) is 3.85. The molecule has 25 heavy (non-hydrogen) atoms. The highest BCUT2D eigenvalue weighted by Crippen LogP contribution is 2.29. The minimum atomic E-state index is 0.0304. The van der Waals surface area contributed by atoms with Gasteiger partial charge in [0.05, 0.1) is 22.8 Å². The summed E-state index contributed by atoms with van der Waals surface area (Å²) < 4.78 is 0. The molecule has 2 bridgehead atoms. The zero-order valence-corrected chi connectivity index (χ0v) is 13.4. The summed E-state index contributed by atoms with van der Waals surface area (Å²) >= 11 is 0. The van der Waals surface area contributed by atoms with Crippen LogP contribution in [0, 0.1) is 0 Å². The lowest BCUT2D eigenvalue weighted by Gasteiger charge is -2.27. The number of aromatic hydroxyl groups is 1. The molecule has 1 amide bonds. The van der Waals surface area contributed by atoms with Crippen LogP contribution in [0.15, 0.2) is 36.5 Å². The number of nitrogens with one attached hydrogen (secondary N) is 2. The van der Waals surface area contributed by atoms with Crippen LogP contribution in [0.25, 0.3) is 22.3 Å². The molecule has 126 valence electrons. The van der Waals surface area contributed by atoms with Crippen LogP contribution in [-0.4, -0.2) is 56.3 Å². The van der Waals surface area contributed by atoms with E-state index in [1.54, 1.807) is 30.5 Å². The summed E-state index contributed by atoms with van der Waals surface area (Å²) in [5.74, 6) is 0.228. The van der Waals surface area contributed by atoms with E-state index in [1.165, 1.54) is 0 Å². The van der Waals surface area contributed by atoms with Crippen LogP contribution in [0.2, 0.25) is 0 Å². The number of carbonyl (C=O) groups excluding carboxylic acids is 1. The van der Waals surface area contributed by atoms with E-state index < -0.39 is 0 Å². The maximum Gasteiger partial charge on any atom is 0.255 e. The molecule has 0 aliphatic carbocycles. The van der Waals surface area contributed by atoms with E-state index in [1.807, 2.05) is 11.0 Å². The number of nitrogens with zero attached hydrogens (tertiary/aromatic N) is 3. The minimum absolute atomic E-state index is 0.0304. The Kier molecular flexibility index (Phi) is 3.05. The average molecular weight is 335 g/mol. The van der Waals surface area contributed by atoms with Crippen molar-refractivity contribution in [2.24, 2.45) is 0 Å². The first-order valence-electron chi connectivity index (χ1n) is 8.37. The second-order valence-corrected chi connectivity index (χ2v) is 6.69. The molecule has 5 rings (SSSR count). The molecule has 1 aromatic carbocycles. The van der Waals surface area contributed by atoms with Crippen molar-refractivity contribution in [3.63, 3.8) is 0 Å². The Morgan fingerprint density at radius 3 is 2.84 bits per heavy atom. The fraction of sp³-hybridized carbons (Fsp3) is 0.278. The Labute approximate surface area is 143 Å². The van der Waals surface area contributed by atoms with Gasteiger partial charge in [-0.15, -0.1) is 0 Å². The van der Waals surface area contributed by atoms with E-state index >= 15 is 0 Å². The van der Waals surface area contributed by atoms with Gasteiger partial charge in [0.2, 0.25) is 0 Å². The highest BCUT2D eigenvalue weighted by Gasteiger charge is 2.40. The lowest BCUT2D eigenvalue weighted by Crippen LogP contribution is -2.46. The van der Waals surface area contributed by atoms with Gasteiger partial charge in [-0.3, -0.25) is 9.89 Å². The van der Waals surface area contributed by atoms with Gasteiger partial charge in [-0.25, -0.2) is 4.98 Å². The Hall–Kier alpha value is -2.93. The molecule has 2 saturated heterocycles. The van der Waals surface area contributed by atoms with Crippen molar-refractivity contribution < 1.29 is 9.90 Å². The molecular weight excluding hydrogens is 318 g/mol. The molecule has 2 aliphatic heterocycles. The minimum Gasteiger partial charge on any atom is -0.508 e. The molecule has 4 heterocycles. The zero-order chi connectivity index (χ0) is 17.0.